The van der Waals surface area contributed by atoms with Gasteiger partial charge >= 0.3 is 17.1 Å². The monoisotopic (exact) mass is 1460 g/mol. The number of nitrogens with zero attached hydrogens (tertiary/aromatic N) is 4. The molecule has 0 N–H and O–H groups in total. The first-order chi connectivity index (χ1) is 32.0. The molecule has 2 aliphatic rings. The second kappa shape index (κ2) is 19.9. The van der Waals surface area contributed by atoms with E-state index in [1.165, 1.54) is 22.3 Å². The number of benzene rings is 4. The smallest absolute Gasteiger partial charge is 0.655 e. The molecule has 0 aliphatic carbocycles. The molecular formula is C56H44Br8FeN4. The maximum absolute atomic E-state index is 5.78. The van der Waals surface area contributed by atoms with Crippen LogP contribution in [-0.4, -0.2) is 9.97 Å². The van der Waals surface area contributed by atoms with E-state index in [0.29, 0.717) is 0 Å². The summed E-state index contributed by atoms with van der Waals surface area (Å²) in [5.41, 5.74) is 27.3. The minimum Gasteiger partial charge on any atom is -0.655 e. The zero-order valence-electron chi connectivity index (χ0n) is 39.8. The Hall–Kier alpha value is -2.16. The van der Waals surface area contributed by atoms with E-state index < -0.39 is 0 Å². The van der Waals surface area contributed by atoms with E-state index in [0.717, 1.165) is 170 Å². The number of hydrogen-bond donors (Lipinski definition) is 0. The third kappa shape index (κ3) is 8.88. The summed E-state index contributed by atoms with van der Waals surface area (Å²) in [7, 11) is 0. The zero-order valence-corrected chi connectivity index (χ0v) is 53.6. The van der Waals surface area contributed by atoms with Crippen LogP contribution in [0, 0.1) is 83.1 Å². The molecule has 5 heterocycles. The quantitative estimate of drug-likeness (QED) is 0.165. The predicted molar refractivity (Wildman–Crippen MR) is 318 cm³/mol. The summed E-state index contributed by atoms with van der Waals surface area (Å²) in [5.74, 6) is 0. The summed E-state index contributed by atoms with van der Waals surface area (Å²) in [6.07, 6.45) is 0. The largest absolute Gasteiger partial charge is 2.00 e. The van der Waals surface area contributed by atoms with Crippen LogP contribution in [0.1, 0.15) is 89.5 Å². The fraction of sp³-hybridized carbons (Fsp3) is 0.214. The van der Waals surface area contributed by atoms with E-state index in [9.17, 15) is 0 Å². The van der Waals surface area contributed by atoms with Gasteiger partial charge in [0.05, 0.1) is 40.7 Å². The summed E-state index contributed by atoms with van der Waals surface area (Å²) in [6, 6.07) is 17.9. The van der Waals surface area contributed by atoms with Crippen molar-refractivity contribution in [2.45, 2.75) is 83.1 Å². The van der Waals surface area contributed by atoms with Crippen molar-refractivity contribution >= 4 is 167 Å². The molecule has 69 heavy (non-hydrogen) atoms. The van der Waals surface area contributed by atoms with Gasteiger partial charge in [0.25, 0.3) is 0 Å². The first kappa shape index (κ1) is 53.1. The van der Waals surface area contributed by atoms with E-state index in [2.05, 4.69) is 259 Å². The van der Waals surface area contributed by atoms with Gasteiger partial charge in [0.2, 0.25) is 0 Å². The molecule has 8 bridgehead atoms. The van der Waals surface area contributed by atoms with Crippen molar-refractivity contribution in [3.63, 3.8) is 0 Å². The number of aryl methyl sites for hydroxylation is 12. The molecule has 13 heteroatoms. The third-order valence-electron chi connectivity index (χ3n) is 12.9. The fourth-order valence-corrected chi connectivity index (χ4v) is 14.5. The Labute approximate surface area is 482 Å². The molecule has 0 fully saturated rings. The van der Waals surface area contributed by atoms with Gasteiger partial charge in [-0.05, 0) is 230 Å². The van der Waals surface area contributed by atoms with Gasteiger partial charge in [0.1, 0.15) is 0 Å². The van der Waals surface area contributed by atoms with Crippen molar-refractivity contribution in [3.8, 4) is 44.5 Å². The molecule has 0 spiro atoms. The molecule has 352 valence electrons. The van der Waals surface area contributed by atoms with Gasteiger partial charge < -0.3 is 9.97 Å². The molecule has 0 radical (unpaired) electrons. The molecular weight excluding hydrogens is 1420 g/mol. The van der Waals surface area contributed by atoms with Crippen LogP contribution in [0.15, 0.2) is 66.4 Å². The Balaban J connectivity index is 0.00000642. The van der Waals surface area contributed by atoms with Crippen LogP contribution in [0.25, 0.3) is 84.5 Å². The molecule has 4 nitrogen and oxygen atoms in total. The van der Waals surface area contributed by atoms with Crippen molar-refractivity contribution in [1.82, 2.24) is 19.9 Å². The first-order valence-corrected chi connectivity index (χ1v) is 28.3. The van der Waals surface area contributed by atoms with Gasteiger partial charge in [0, 0.05) is 23.5 Å². The standard InChI is InChI=1S/C56H44Br8N4.Fe/c1-21-13-25(5)33(26(6)14-21)37-49-41(57)43(59)51(65-49)38(34-27(7)15-22(2)16-28(34)8)53-45(61)47(63)55(67-53)40(36-31(11)19-24(4)20-32(36)12)56-48(64)46(62)54(68-56)39(52-44(60)42(58)50(37)66-52)35-29(9)17-23(3)18-30(35)10;/h13-20H,1-12H3;/q-2;+2. The molecule has 2 aliphatic heterocycles. The molecule has 9 rings (SSSR count). The van der Waals surface area contributed by atoms with Crippen LogP contribution in [0.2, 0.25) is 0 Å². The molecule has 0 atom stereocenters. The first-order valence-electron chi connectivity index (χ1n) is 21.9. The average molecular weight is 1470 g/mol. The van der Waals surface area contributed by atoms with Crippen molar-refractivity contribution in [2.75, 3.05) is 0 Å². The van der Waals surface area contributed by atoms with Crippen LogP contribution < -0.4 is 9.97 Å². The van der Waals surface area contributed by atoms with E-state index in [-0.39, 0.29) is 17.1 Å². The van der Waals surface area contributed by atoms with Crippen molar-refractivity contribution < 1.29 is 17.1 Å². The van der Waals surface area contributed by atoms with Crippen molar-refractivity contribution in [3.05, 3.63) is 156 Å². The van der Waals surface area contributed by atoms with E-state index in [4.69, 9.17) is 19.9 Å². The van der Waals surface area contributed by atoms with Gasteiger partial charge in [0.15, 0.2) is 0 Å². The molecule has 3 aromatic heterocycles. The molecule has 0 saturated carbocycles. The maximum Gasteiger partial charge on any atom is 2.00 e. The van der Waals surface area contributed by atoms with Gasteiger partial charge in [-0.25, -0.2) is 9.97 Å². The summed E-state index contributed by atoms with van der Waals surface area (Å²) in [4.78, 5) is 23.1. The molecule has 0 amide bonds. The number of halogens is 8. The number of rotatable bonds is 4. The molecule has 7 aromatic rings. The fourth-order valence-electron chi connectivity index (χ4n) is 10.7. The van der Waals surface area contributed by atoms with Gasteiger partial charge in [-0.3, -0.25) is 0 Å². The average Bonchev–Trinajstić information content (AvgIpc) is 3.90. The maximum atomic E-state index is 5.78. The summed E-state index contributed by atoms with van der Waals surface area (Å²) < 4.78 is 6.46. The Bertz CT molecular complexity index is 3410. The Morgan fingerprint density at radius 2 is 0.464 bits per heavy atom. The minimum absolute atomic E-state index is 0. The second-order valence-corrected chi connectivity index (χ2v) is 24.7. The minimum atomic E-state index is 0. The van der Waals surface area contributed by atoms with E-state index in [1.807, 2.05) is 0 Å². The SMILES string of the molecule is Cc1cc(C)c(-c2c3nc(c(-c4c(C)cc(C)cc4C)c4[n-]c(c(Br)c4Br)c(-c4c(C)cc(C)cc4C)c4[n-]c(c(Br)c4Br)c(-c4c(C)cc(C)cc4C)c4nc2C(Br)=C4Br)C(Br)=C3Br)c(C)c1.[Fe+2]. The Morgan fingerprint density at radius 3 is 0.710 bits per heavy atom. The van der Waals surface area contributed by atoms with Crippen molar-refractivity contribution in [1.29, 1.82) is 0 Å². The summed E-state index contributed by atoms with van der Waals surface area (Å²) in [5, 5.41) is 0. The third-order valence-corrected chi connectivity index (χ3v) is 21.2. The van der Waals surface area contributed by atoms with Crippen LogP contribution in [-0.2, 0) is 17.1 Å². The van der Waals surface area contributed by atoms with Crippen LogP contribution >= 0.6 is 127 Å². The number of aromatic nitrogens is 4. The Morgan fingerprint density at radius 1 is 0.275 bits per heavy atom. The molecule has 4 aromatic carbocycles. The zero-order chi connectivity index (χ0) is 49.3. The topological polar surface area (TPSA) is 54.0 Å². The summed E-state index contributed by atoms with van der Waals surface area (Å²) >= 11 is 33.2. The normalized spacial score (nSPS) is 12.7. The molecule has 0 saturated heterocycles. The van der Waals surface area contributed by atoms with Crippen LogP contribution in [0.4, 0.5) is 0 Å². The van der Waals surface area contributed by atoms with Crippen molar-refractivity contribution in [2.24, 2.45) is 0 Å². The van der Waals surface area contributed by atoms with Gasteiger partial charge in [-0.15, -0.1) is 22.1 Å². The Kier molecular flexibility index (Phi) is 15.4. The molecule has 0 unspecified atom stereocenters. The summed E-state index contributed by atoms with van der Waals surface area (Å²) in [6.45, 7) is 26.0. The number of hydrogen-bond acceptors (Lipinski definition) is 2. The number of fused-ring (bicyclic) bond motifs is 8. The van der Waals surface area contributed by atoms with Crippen LogP contribution in [0.3, 0.4) is 0 Å². The van der Waals surface area contributed by atoms with Crippen LogP contribution in [0.5, 0.6) is 0 Å². The second-order valence-electron chi connectivity index (χ2n) is 18.3. The van der Waals surface area contributed by atoms with E-state index in [1.54, 1.807) is 0 Å². The van der Waals surface area contributed by atoms with E-state index >= 15 is 0 Å². The van der Waals surface area contributed by atoms with Gasteiger partial charge in [-0.1, -0.05) is 135 Å². The van der Waals surface area contributed by atoms with Gasteiger partial charge in [-0.2, -0.15) is 0 Å². The predicted octanol–water partition coefficient (Wildman–Crippen LogP) is 20.2.